The van der Waals surface area contributed by atoms with E-state index in [1.165, 1.54) is 5.56 Å². The summed E-state index contributed by atoms with van der Waals surface area (Å²) >= 11 is 0. The van der Waals surface area contributed by atoms with E-state index in [0.717, 1.165) is 57.7 Å². The summed E-state index contributed by atoms with van der Waals surface area (Å²) in [6.45, 7) is 6.59. The van der Waals surface area contributed by atoms with Crippen LogP contribution in [0.4, 0.5) is 0 Å². The molecule has 29 heavy (non-hydrogen) atoms. The second kappa shape index (κ2) is 10.6. The van der Waals surface area contributed by atoms with Crippen LogP contribution in [0.25, 0.3) is 0 Å². The average Bonchev–Trinajstić information content (AvgIpc) is 3.37. The number of carbonyl (C=O) groups excluding carboxylic acids is 2. The topological polar surface area (TPSA) is 96.7 Å². The maximum atomic E-state index is 12.1. The van der Waals surface area contributed by atoms with Crippen LogP contribution in [-0.4, -0.2) is 61.6 Å². The SMILES string of the molecule is C[C@@H](CCC(=O)N[C@H]1CCN(CCc2ccc(O[C@H]3CCNC3)cc2)C1)C(N)=O. The Kier molecular flexibility index (Phi) is 7.89. The number of nitrogens with one attached hydrogen (secondary N) is 2. The molecule has 0 saturated carbocycles. The Labute approximate surface area is 173 Å². The van der Waals surface area contributed by atoms with E-state index in [1.54, 1.807) is 6.92 Å². The van der Waals surface area contributed by atoms with Crippen molar-refractivity contribution in [1.29, 1.82) is 0 Å². The third-order valence-electron chi connectivity index (χ3n) is 5.89. The second-order valence-corrected chi connectivity index (χ2v) is 8.32. The Bertz CT molecular complexity index is 673. The van der Waals surface area contributed by atoms with E-state index in [0.29, 0.717) is 12.8 Å². The Balaban J connectivity index is 1.33. The monoisotopic (exact) mass is 402 g/mol. The quantitative estimate of drug-likeness (QED) is 0.544. The third kappa shape index (κ3) is 7.01. The molecular formula is C22H34N4O3. The molecule has 0 radical (unpaired) electrons. The van der Waals surface area contributed by atoms with Crippen molar-refractivity contribution in [2.24, 2.45) is 11.7 Å². The zero-order valence-electron chi connectivity index (χ0n) is 17.4. The van der Waals surface area contributed by atoms with Gasteiger partial charge in [-0.3, -0.25) is 9.59 Å². The van der Waals surface area contributed by atoms with Gasteiger partial charge < -0.3 is 26.0 Å². The first-order valence-electron chi connectivity index (χ1n) is 10.8. The maximum Gasteiger partial charge on any atom is 0.220 e. The predicted octanol–water partition coefficient (Wildman–Crippen LogP) is 1.06. The van der Waals surface area contributed by atoms with Crippen LogP contribution in [0.15, 0.2) is 24.3 Å². The van der Waals surface area contributed by atoms with Crippen LogP contribution in [0.1, 0.15) is 38.2 Å². The summed E-state index contributed by atoms with van der Waals surface area (Å²) in [4.78, 5) is 25.5. The molecule has 7 nitrogen and oxygen atoms in total. The smallest absolute Gasteiger partial charge is 0.220 e. The molecule has 7 heteroatoms. The number of hydrogen-bond acceptors (Lipinski definition) is 5. The molecule has 4 N–H and O–H groups in total. The normalized spacial score (nSPS) is 23.1. The first kappa shape index (κ1) is 21.6. The van der Waals surface area contributed by atoms with Crippen molar-refractivity contribution in [2.75, 3.05) is 32.7 Å². The van der Waals surface area contributed by atoms with Crippen LogP contribution in [0.5, 0.6) is 5.75 Å². The second-order valence-electron chi connectivity index (χ2n) is 8.32. The van der Waals surface area contributed by atoms with E-state index in [9.17, 15) is 9.59 Å². The summed E-state index contributed by atoms with van der Waals surface area (Å²) < 4.78 is 5.97. The number of ether oxygens (including phenoxy) is 1. The van der Waals surface area contributed by atoms with Gasteiger partial charge in [0.15, 0.2) is 0 Å². The summed E-state index contributed by atoms with van der Waals surface area (Å²) in [6, 6.07) is 8.61. The van der Waals surface area contributed by atoms with Gasteiger partial charge in [0.25, 0.3) is 0 Å². The van der Waals surface area contributed by atoms with Crippen molar-refractivity contribution in [3.63, 3.8) is 0 Å². The number of hydrogen-bond donors (Lipinski definition) is 3. The first-order chi connectivity index (χ1) is 14.0. The standard InChI is InChI=1S/C22H34N4O3/c1-16(22(23)28)2-7-21(27)25-18-10-13-26(15-18)12-9-17-3-5-19(6-4-17)29-20-8-11-24-14-20/h3-6,16,18,20,24H,2,7-15H2,1H3,(H2,23,28)(H,25,27)/t16-,18-,20-/m0/s1. The molecule has 0 unspecified atom stereocenters. The molecule has 2 saturated heterocycles. The molecule has 0 bridgehead atoms. The van der Waals surface area contributed by atoms with Crippen LogP contribution in [0.3, 0.4) is 0 Å². The summed E-state index contributed by atoms with van der Waals surface area (Å²) in [6.07, 6.45) is 4.18. The van der Waals surface area contributed by atoms with E-state index in [2.05, 4.69) is 39.8 Å². The van der Waals surface area contributed by atoms with Crippen LogP contribution in [0.2, 0.25) is 0 Å². The Morgan fingerprint density at radius 3 is 2.79 bits per heavy atom. The highest BCUT2D eigenvalue weighted by Crippen LogP contribution is 2.17. The number of benzene rings is 1. The van der Waals surface area contributed by atoms with Gasteiger partial charge in [-0.05, 0) is 49.9 Å². The van der Waals surface area contributed by atoms with Crippen LogP contribution >= 0.6 is 0 Å². The van der Waals surface area contributed by atoms with Crippen molar-refractivity contribution >= 4 is 11.8 Å². The Morgan fingerprint density at radius 1 is 1.31 bits per heavy atom. The number of carbonyl (C=O) groups is 2. The minimum Gasteiger partial charge on any atom is -0.489 e. The van der Waals surface area contributed by atoms with Crippen LogP contribution < -0.4 is 21.1 Å². The Morgan fingerprint density at radius 2 is 2.10 bits per heavy atom. The molecular weight excluding hydrogens is 368 g/mol. The summed E-state index contributed by atoms with van der Waals surface area (Å²) in [5.74, 6) is 0.350. The van der Waals surface area contributed by atoms with Gasteiger partial charge in [0.1, 0.15) is 11.9 Å². The number of primary amides is 1. The van der Waals surface area contributed by atoms with E-state index >= 15 is 0 Å². The number of nitrogens with zero attached hydrogens (tertiary/aromatic N) is 1. The lowest BCUT2D eigenvalue weighted by atomic mass is 10.0. The highest BCUT2D eigenvalue weighted by Gasteiger charge is 2.24. The van der Waals surface area contributed by atoms with Gasteiger partial charge in [0.2, 0.25) is 11.8 Å². The molecule has 2 aliphatic rings. The largest absolute Gasteiger partial charge is 0.489 e. The van der Waals surface area contributed by atoms with Gasteiger partial charge >= 0.3 is 0 Å². The van der Waals surface area contributed by atoms with Crippen molar-refractivity contribution in [3.05, 3.63) is 29.8 Å². The van der Waals surface area contributed by atoms with Crippen molar-refractivity contribution in [2.45, 2.75) is 51.2 Å². The molecule has 0 aromatic heterocycles. The van der Waals surface area contributed by atoms with Crippen LogP contribution in [0, 0.1) is 5.92 Å². The fourth-order valence-electron chi connectivity index (χ4n) is 3.89. The van der Waals surface area contributed by atoms with Gasteiger partial charge in [-0.2, -0.15) is 0 Å². The lowest BCUT2D eigenvalue weighted by Crippen LogP contribution is -2.37. The molecule has 0 spiro atoms. The average molecular weight is 403 g/mol. The molecule has 0 aliphatic carbocycles. The van der Waals surface area contributed by atoms with Gasteiger partial charge in [-0.15, -0.1) is 0 Å². The summed E-state index contributed by atoms with van der Waals surface area (Å²) in [5, 5.41) is 6.40. The zero-order valence-corrected chi connectivity index (χ0v) is 17.4. The van der Waals surface area contributed by atoms with Crippen molar-refractivity contribution < 1.29 is 14.3 Å². The minimum atomic E-state index is -0.347. The molecule has 3 rings (SSSR count). The van der Waals surface area contributed by atoms with Gasteiger partial charge in [-0.1, -0.05) is 19.1 Å². The van der Waals surface area contributed by atoms with E-state index in [1.807, 2.05) is 0 Å². The van der Waals surface area contributed by atoms with E-state index in [4.69, 9.17) is 10.5 Å². The van der Waals surface area contributed by atoms with Crippen molar-refractivity contribution in [3.8, 4) is 5.75 Å². The molecule has 1 aromatic carbocycles. The molecule has 2 aliphatic heterocycles. The van der Waals surface area contributed by atoms with Gasteiger partial charge in [0.05, 0.1) is 0 Å². The molecule has 2 amide bonds. The third-order valence-corrected chi connectivity index (χ3v) is 5.89. The minimum absolute atomic E-state index is 0.0120. The lowest BCUT2D eigenvalue weighted by Gasteiger charge is -2.17. The van der Waals surface area contributed by atoms with Gasteiger partial charge in [-0.25, -0.2) is 0 Å². The highest BCUT2D eigenvalue weighted by atomic mass is 16.5. The fraction of sp³-hybridized carbons (Fsp3) is 0.636. The highest BCUT2D eigenvalue weighted by molar-refractivity contribution is 5.79. The molecule has 3 atom stereocenters. The number of amides is 2. The summed E-state index contributed by atoms with van der Waals surface area (Å²) in [7, 11) is 0. The fourth-order valence-corrected chi connectivity index (χ4v) is 3.89. The number of likely N-dealkylation sites (tertiary alicyclic amines) is 1. The van der Waals surface area contributed by atoms with Crippen LogP contribution in [-0.2, 0) is 16.0 Å². The first-order valence-corrected chi connectivity index (χ1v) is 10.8. The lowest BCUT2D eigenvalue weighted by molar-refractivity contribution is -0.123. The molecule has 2 fully saturated rings. The molecule has 160 valence electrons. The molecule has 2 heterocycles. The maximum absolute atomic E-state index is 12.1. The predicted molar refractivity (Wildman–Crippen MR) is 113 cm³/mol. The Hall–Kier alpha value is -2.12. The van der Waals surface area contributed by atoms with Gasteiger partial charge in [0, 0.05) is 44.6 Å². The number of nitrogens with two attached hydrogens (primary N) is 1. The van der Waals surface area contributed by atoms with E-state index in [-0.39, 0.29) is 29.9 Å². The molecule has 1 aromatic rings. The number of rotatable bonds is 10. The summed E-state index contributed by atoms with van der Waals surface area (Å²) in [5.41, 5.74) is 6.54. The zero-order chi connectivity index (χ0) is 20.6. The van der Waals surface area contributed by atoms with E-state index < -0.39 is 0 Å². The van der Waals surface area contributed by atoms with Crippen molar-refractivity contribution in [1.82, 2.24) is 15.5 Å².